The van der Waals surface area contributed by atoms with Crippen LogP contribution < -0.4 is 15.5 Å². The molecule has 0 bridgehead atoms. The van der Waals surface area contributed by atoms with Gasteiger partial charge < -0.3 is 15.5 Å². The fourth-order valence-electron chi connectivity index (χ4n) is 3.30. The average molecular weight is 387 g/mol. The Morgan fingerprint density at radius 2 is 1.74 bits per heavy atom. The minimum Gasteiger partial charge on any atom is -0.349 e. The molecule has 1 heterocycles. The van der Waals surface area contributed by atoms with Crippen LogP contribution in [0.4, 0.5) is 5.69 Å². The second-order valence-corrected chi connectivity index (χ2v) is 7.48. The van der Waals surface area contributed by atoms with Gasteiger partial charge in [0.25, 0.3) is 11.8 Å². The van der Waals surface area contributed by atoms with Gasteiger partial charge in [-0.2, -0.15) is 0 Å². The van der Waals surface area contributed by atoms with Gasteiger partial charge in [0, 0.05) is 24.4 Å². The lowest BCUT2D eigenvalue weighted by Gasteiger charge is -2.29. The highest BCUT2D eigenvalue weighted by Crippen LogP contribution is 2.19. The van der Waals surface area contributed by atoms with Crippen molar-refractivity contribution in [2.24, 2.45) is 0 Å². The summed E-state index contributed by atoms with van der Waals surface area (Å²) in [5.74, 6) is -0.0693. The van der Waals surface area contributed by atoms with Crippen molar-refractivity contribution in [2.45, 2.75) is 25.8 Å². The second kappa shape index (κ2) is 9.02. The van der Waals surface area contributed by atoms with Gasteiger partial charge in [-0.1, -0.05) is 41.4 Å². The summed E-state index contributed by atoms with van der Waals surface area (Å²) in [6.07, 6.45) is 1.73. The number of benzene rings is 2. The standard InChI is InChI=1S/C21H24ClN3O2/c1-15-6-8-16(9-7-15)21(27)23-17-10-12-25(13-11-17)14-20(26)24-19-5-3-2-4-18(19)22/h2-9,17H,10-14H2,1H3,(H,23,27)(H,24,26)/p+1. The second-order valence-electron chi connectivity index (χ2n) is 7.07. The van der Waals surface area contributed by atoms with Crippen molar-refractivity contribution in [1.82, 2.24) is 5.32 Å². The molecular formula is C21H25ClN3O2+. The molecule has 5 nitrogen and oxygen atoms in total. The van der Waals surface area contributed by atoms with E-state index in [1.54, 1.807) is 12.1 Å². The molecule has 0 unspecified atom stereocenters. The zero-order valence-electron chi connectivity index (χ0n) is 15.4. The van der Waals surface area contributed by atoms with Crippen LogP contribution in [0.25, 0.3) is 0 Å². The van der Waals surface area contributed by atoms with Crippen molar-refractivity contribution >= 4 is 29.1 Å². The molecule has 1 aliphatic heterocycles. The van der Waals surface area contributed by atoms with Crippen molar-refractivity contribution in [3.05, 3.63) is 64.7 Å². The van der Waals surface area contributed by atoms with Gasteiger partial charge in [-0.05, 0) is 31.2 Å². The molecule has 3 rings (SSSR count). The van der Waals surface area contributed by atoms with Crippen LogP contribution in [0, 0.1) is 6.92 Å². The topological polar surface area (TPSA) is 62.6 Å². The summed E-state index contributed by atoms with van der Waals surface area (Å²) in [5.41, 5.74) is 2.47. The molecule has 6 heteroatoms. The summed E-state index contributed by atoms with van der Waals surface area (Å²) in [7, 11) is 0. The highest BCUT2D eigenvalue weighted by atomic mass is 35.5. The predicted octanol–water partition coefficient (Wildman–Crippen LogP) is 2.06. The molecule has 2 amide bonds. The van der Waals surface area contributed by atoms with Gasteiger partial charge in [-0.15, -0.1) is 0 Å². The van der Waals surface area contributed by atoms with Crippen LogP contribution in [-0.4, -0.2) is 37.5 Å². The van der Waals surface area contributed by atoms with E-state index in [9.17, 15) is 9.59 Å². The maximum absolute atomic E-state index is 12.3. The SMILES string of the molecule is Cc1ccc(C(=O)NC2CC[NH+](CC(=O)Nc3ccccc3Cl)CC2)cc1. The van der Waals surface area contributed by atoms with Crippen LogP contribution in [0.15, 0.2) is 48.5 Å². The molecule has 1 fully saturated rings. The van der Waals surface area contributed by atoms with E-state index in [0.29, 0.717) is 22.8 Å². The van der Waals surface area contributed by atoms with Gasteiger partial charge in [-0.3, -0.25) is 9.59 Å². The number of para-hydroxylation sites is 1. The largest absolute Gasteiger partial charge is 0.349 e. The third-order valence-electron chi connectivity index (χ3n) is 4.90. The van der Waals surface area contributed by atoms with E-state index in [4.69, 9.17) is 11.6 Å². The van der Waals surface area contributed by atoms with E-state index in [2.05, 4.69) is 10.6 Å². The molecule has 0 aliphatic carbocycles. The first-order valence-electron chi connectivity index (χ1n) is 9.27. The van der Waals surface area contributed by atoms with Crippen molar-refractivity contribution < 1.29 is 14.5 Å². The number of rotatable bonds is 5. The zero-order valence-corrected chi connectivity index (χ0v) is 16.2. The number of anilines is 1. The maximum Gasteiger partial charge on any atom is 0.279 e. The van der Waals surface area contributed by atoms with Gasteiger partial charge in [-0.25, -0.2) is 0 Å². The summed E-state index contributed by atoms with van der Waals surface area (Å²) >= 11 is 6.08. The minimum atomic E-state index is -0.0414. The number of likely N-dealkylation sites (tertiary alicyclic amines) is 1. The summed E-state index contributed by atoms with van der Waals surface area (Å²) in [6.45, 7) is 4.12. The van der Waals surface area contributed by atoms with E-state index in [1.165, 1.54) is 4.90 Å². The number of piperidine rings is 1. The van der Waals surface area contributed by atoms with E-state index in [0.717, 1.165) is 31.5 Å². The monoisotopic (exact) mass is 386 g/mol. The van der Waals surface area contributed by atoms with Crippen LogP contribution in [0.1, 0.15) is 28.8 Å². The van der Waals surface area contributed by atoms with Crippen molar-refractivity contribution in [1.29, 1.82) is 0 Å². The number of hydrogen-bond acceptors (Lipinski definition) is 2. The molecule has 0 radical (unpaired) electrons. The Balaban J connectivity index is 1.43. The van der Waals surface area contributed by atoms with Gasteiger partial charge in [0.2, 0.25) is 0 Å². The Morgan fingerprint density at radius 1 is 1.07 bits per heavy atom. The highest BCUT2D eigenvalue weighted by Gasteiger charge is 2.25. The van der Waals surface area contributed by atoms with E-state index >= 15 is 0 Å². The molecule has 2 aromatic rings. The molecule has 1 aliphatic rings. The third kappa shape index (κ3) is 5.55. The van der Waals surface area contributed by atoms with Crippen LogP contribution >= 0.6 is 11.6 Å². The quantitative estimate of drug-likeness (QED) is 0.736. The van der Waals surface area contributed by atoms with Crippen LogP contribution in [0.5, 0.6) is 0 Å². The summed E-state index contributed by atoms with van der Waals surface area (Å²) < 4.78 is 0. The Hall–Kier alpha value is -2.37. The molecule has 27 heavy (non-hydrogen) atoms. The van der Waals surface area contributed by atoms with Gasteiger partial charge in [0.1, 0.15) is 0 Å². The normalized spacial score (nSPS) is 19.3. The number of amides is 2. The third-order valence-corrected chi connectivity index (χ3v) is 5.23. The lowest BCUT2D eigenvalue weighted by atomic mass is 10.0. The fraction of sp³-hybridized carbons (Fsp3) is 0.333. The first kappa shape index (κ1) is 19.4. The predicted molar refractivity (Wildman–Crippen MR) is 107 cm³/mol. The lowest BCUT2D eigenvalue weighted by Crippen LogP contribution is -3.14. The number of quaternary nitrogens is 1. The van der Waals surface area contributed by atoms with E-state index in [1.807, 2.05) is 43.3 Å². The Morgan fingerprint density at radius 3 is 2.41 bits per heavy atom. The first-order chi connectivity index (χ1) is 13.0. The Kier molecular flexibility index (Phi) is 6.48. The van der Waals surface area contributed by atoms with Gasteiger partial charge in [0.15, 0.2) is 6.54 Å². The molecule has 0 aromatic heterocycles. The molecule has 2 aromatic carbocycles. The highest BCUT2D eigenvalue weighted by molar-refractivity contribution is 6.33. The number of carbonyl (C=O) groups excluding carboxylic acids is 2. The molecular weight excluding hydrogens is 362 g/mol. The Bertz CT molecular complexity index is 799. The molecule has 1 saturated heterocycles. The first-order valence-corrected chi connectivity index (χ1v) is 9.64. The number of nitrogens with one attached hydrogen (secondary N) is 3. The number of carbonyl (C=O) groups is 2. The summed E-state index contributed by atoms with van der Waals surface area (Å²) in [5, 5.41) is 6.51. The van der Waals surface area contributed by atoms with E-state index < -0.39 is 0 Å². The van der Waals surface area contributed by atoms with Gasteiger partial charge in [0.05, 0.1) is 23.8 Å². The summed E-state index contributed by atoms with van der Waals surface area (Å²) in [6, 6.07) is 15.0. The zero-order chi connectivity index (χ0) is 19.2. The molecule has 142 valence electrons. The molecule has 0 atom stereocenters. The number of hydrogen-bond donors (Lipinski definition) is 3. The van der Waals surface area contributed by atoms with Crippen molar-refractivity contribution in [2.75, 3.05) is 25.0 Å². The average Bonchev–Trinajstić information content (AvgIpc) is 2.66. The molecule has 3 N–H and O–H groups in total. The van der Waals surface area contributed by atoms with Crippen LogP contribution in [-0.2, 0) is 4.79 Å². The number of aryl methyl sites for hydroxylation is 1. The lowest BCUT2D eigenvalue weighted by molar-refractivity contribution is -0.897. The van der Waals surface area contributed by atoms with Crippen LogP contribution in [0.2, 0.25) is 5.02 Å². The fourth-order valence-corrected chi connectivity index (χ4v) is 3.49. The van der Waals surface area contributed by atoms with Gasteiger partial charge >= 0.3 is 0 Å². The van der Waals surface area contributed by atoms with Crippen molar-refractivity contribution in [3.63, 3.8) is 0 Å². The summed E-state index contributed by atoms with van der Waals surface area (Å²) in [4.78, 5) is 25.8. The number of halogens is 1. The smallest absolute Gasteiger partial charge is 0.279 e. The van der Waals surface area contributed by atoms with Crippen LogP contribution in [0.3, 0.4) is 0 Å². The Labute approximate surface area is 164 Å². The minimum absolute atomic E-state index is 0.0279. The van der Waals surface area contributed by atoms with Crippen molar-refractivity contribution in [3.8, 4) is 0 Å². The van der Waals surface area contributed by atoms with E-state index in [-0.39, 0.29) is 17.9 Å². The molecule has 0 spiro atoms. The maximum atomic E-state index is 12.3. The molecule has 0 saturated carbocycles.